The summed E-state index contributed by atoms with van der Waals surface area (Å²) >= 11 is 0. The third-order valence-electron chi connectivity index (χ3n) is 2.93. The topological polar surface area (TPSA) is 55.0 Å². The summed E-state index contributed by atoms with van der Waals surface area (Å²) in [4.78, 5) is 10.9. The maximum atomic E-state index is 5.81. The minimum absolute atomic E-state index is 0.564. The van der Waals surface area contributed by atoms with Gasteiger partial charge in [-0.05, 0) is 12.3 Å². The van der Waals surface area contributed by atoms with Crippen LogP contribution in [0.15, 0.2) is 6.07 Å². The minimum atomic E-state index is 0.564. The van der Waals surface area contributed by atoms with Gasteiger partial charge in [-0.15, -0.1) is 0 Å². The third-order valence-corrected chi connectivity index (χ3v) is 2.93. The fourth-order valence-electron chi connectivity index (χ4n) is 1.72. The highest BCUT2D eigenvalue weighted by Crippen LogP contribution is 2.15. The summed E-state index contributed by atoms with van der Waals surface area (Å²) in [5, 5.41) is 0. The van der Waals surface area contributed by atoms with Gasteiger partial charge < -0.3 is 10.6 Å². The summed E-state index contributed by atoms with van der Waals surface area (Å²) in [6.07, 6.45) is 3.10. The molecule has 1 rings (SSSR count). The fraction of sp³-hybridized carbons (Fsp3) is 0.692. The number of anilines is 2. The van der Waals surface area contributed by atoms with Gasteiger partial charge in [0.1, 0.15) is 17.5 Å². The lowest BCUT2D eigenvalue weighted by atomic mass is 10.1. The summed E-state index contributed by atoms with van der Waals surface area (Å²) in [5.74, 6) is 3.00. The Hall–Kier alpha value is -1.32. The second kappa shape index (κ2) is 6.42. The van der Waals surface area contributed by atoms with Gasteiger partial charge in [-0.2, -0.15) is 0 Å². The first-order valence-corrected chi connectivity index (χ1v) is 6.41. The Morgan fingerprint density at radius 1 is 1.35 bits per heavy atom. The number of nitrogens with two attached hydrogens (primary N) is 1. The maximum absolute atomic E-state index is 5.81. The molecule has 96 valence electrons. The third kappa shape index (κ3) is 4.21. The van der Waals surface area contributed by atoms with Crippen molar-refractivity contribution in [2.24, 2.45) is 5.92 Å². The van der Waals surface area contributed by atoms with Crippen LogP contribution in [0.4, 0.5) is 11.6 Å². The summed E-state index contributed by atoms with van der Waals surface area (Å²) < 4.78 is 0. The van der Waals surface area contributed by atoms with E-state index in [0.717, 1.165) is 31.0 Å². The van der Waals surface area contributed by atoms with Gasteiger partial charge in [0.15, 0.2) is 0 Å². The Labute approximate surface area is 104 Å². The van der Waals surface area contributed by atoms with Crippen LogP contribution in [0.3, 0.4) is 0 Å². The average molecular weight is 236 g/mol. The van der Waals surface area contributed by atoms with E-state index in [4.69, 9.17) is 5.73 Å². The fourth-order valence-corrected chi connectivity index (χ4v) is 1.72. The summed E-state index contributed by atoms with van der Waals surface area (Å²) in [6.45, 7) is 7.57. The standard InChI is InChI=1S/C13H24N4/c1-5-7-12-15-11(14)8-13(16-12)17(4)9-10(3)6-2/h8,10H,5-7,9H2,1-4H3,(H2,14,15,16). The van der Waals surface area contributed by atoms with Gasteiger partial charge in [0, 0.05) is 26.1 Å². The number of rotatable bonds is 6. The zero-order chi connectivity index (χ0) is 12.8. The van der Waals surface area contributed by atoms with E-state index in [1.807, 2.05) is 6.07 Å². The molecule has 0 aliphatic carbocycles. The molecule has 1 atom stereocenters. The highest BCUT2D eigenvalue weighted by molar-refractivity contribution is 5.46. The molecule has 0 fully saturated rings. The Balaban J connectivity index is 2.81. The van der Waals surface area contributed by atoms with Gasteiger partial charge in [0.05, 0.1) is 0 Å². The highest BCUT2D eigenvalue weighted by Gasteiger charge is 2.09. The normalized spacial score (nSPS) is 12.5. The molecule has 0 saturated carbocycles. The first-order valence-electron chi connectivity index (χ1n) is 6.41. The molecule has 1 aromatic heterocycles. The van der Waals surface area contributed by atoms with Crippen LogP contribution >= 0.6 is 0 Å². The van der Waals surface area contributed by atoms with Crippen LogP contribution in [0.1, 0.15) is 39.4 Å². The predicted octanol–water partition coefficient (Wildman–Crippen LogP) is 2.49. The summed E-state index contributed by atoms with van der Waals surface area (Å²) in [5.41, 5.74) is 5.81. The molecule has 1 heterocycles. The first-order chi connectivity index (χ1) is 8.06. The monoisotopic (exact) mass is 236 g/mol. The largest absolute Gasteiger partial charge is 0.384 e. The lowest BCUT2D eigenvalue weighted by molar-refractivity contribution is 0.557. The van der Waals surface area contributed by atoms with Crippen LogP contribution in [-0.4, -0.2) is 23.6 Å². The number of nitrogen functional groups attached to an aromatic ring is 1. The van der Waals surface area contributed by atoms with Crippen molar-refractivity contribution in [3.63, 3.8) is 0 Å². The molecule has 1 unspecified atom stereocenters. The van der Waals surface area contributed by atoms with Gasteiger partial charge in [0.25, 0.3) is 0 Å². The van der Waals surface area contributed by atoms with Crippen molar-refractivity contribution in [3.05, 3.63) is 11.9 Å². The maximum Gasteiger partial charge on any atom is 0.134 e. The zero-order valence-corrected chi connectivity index (χ0v) is 11.4. The van der Waals surface area contributed by atoms with Crippen LogP contribution < -0.4 is 10.6 Å². The molecule has 0 amide bonds. The van der Waals surface area contributed by atoms with Crippen molar-refractivity contribution >= 4 is 11.6 Å². The van der Waals surface area contributed by atoms with Gasteiger partial charge in [0.2, 0.25) is 0 Å². The molecule has 0 saturated heterocycles. The van der Waals surface area contributed by atoms with Crippen molar-refractivity contribution in [2.75, 3.05) is 24.2 Å². The van der Waals surface area contributed by atoms with Gasteiger partial charge in [-0.3, -0.25) is 0 Å². The molecule has 0 radical (unpaired) electrons. The molecule has 0 spiro atoms. The van der Waals surface area contributed by atoms with Crippen molar-refractivity contribution in [1.29, 1.82) is 0 Å². The molecule has 0 aliphatic heterocycles. The highest BCUT2D eigenvalue weighted by atomic mass is 15.2. The van der Waals surface area contributed by atoms with E-state index in [9.17, 15) is 0 Å². The second-order valence-electron chi connectivity index (χ2n) is 4.71. The van der Waals surface area contributed by atoms with Crippen LogP contribution in [0.25, 0.3) is 0 Å². The Morgan fingerprint density at radius 2 is 2.06 bits per heavy atom. The van der Waals surface area contributed by atoms with Gasteiger partial charge in [-0.25, -0.2) is 9.97 Å². The van der Waals surface area contributed by atoms with Gasteiger partial charge in [-0.1, -0.05) is 27.2 Å². The number of aryl methyl sites for hydroxylation is 1. The Kier molecular flexibility index (Phi) is 5.19. The number of nitrogens with zero attached hydrogens (tertiary/aromatic N) is 3. The van der Waals surface area contributed by atoms with Crippen LogP contribution in [0, 0.1) is 5.92 Å². The smallest absolute Gasteiger partial charge is 0.134 e. The lowest BCUT2D eigenvalue weighted by Gasteiger charge is -2.22. The molecule has 17 heavy (non-hydrogen) atoms. The van der Waals surface area contributed by atoms with Crippen LogP contribution in [0.5, 0.6) is 0 Å². The van der Waals surface area contributed by atoms with Gasteiger partial charge >= 0.3 is 0 Å². The molecule has 0 aromatic carbocycles. The van der Waals surface area contributed by atoms with E-state index in [2.05, 4.69) is 42.7 Å². The number of hydrogen-bond acceptors (Lipinski definition) is 4. The van der Waals surface area contributed by atoms with E-state index in [-0.39, 0.29) is 0 Å². The summed E-state index contributed by atoms with van der Waals surface area (Å²) in [6, 6.07) is 1.85. The molecule has 1 aromatic rings. The van der Waals surface area contributed by atoms with E-state index >= 15 is 0 Å². The molecular weight excluding hydrogens is 212 g/mol. The predicted molar refractivity (Wildman–Crippen MR) is 73.2 cm³/mol. The molecule has 0 bridgehead atoms. The minimum Gasteiger partial charge on any atom is -0.384 e. The van der Waals surface area contributed by atoms with Crippen LogP contribution in [-0.2, 0) is 6.42 Å². The Bertz CT molecular complexity index is 351. The van der Waals surface area contributed by atoms with E-state index < -0.39 is 0 Å². The quantitative estimate of drug-likeness (QED) is 0.824. The molecule has 0 aliphatic rings. The van der Waals surface area contributed by atoms with E-state index in [0.29, 0.717) is 11.7 Å². The molecule has 2 N–H and O–H groups in total. The van der Waals surface area contributed by atoms with E-state index in [1.165, 1.54) is 6.42 Å². The second-order valence-corrected chi connectivity index (χ2v) is 4.71. The van der Waals surface area contributed by atoms with Crippen molar-refractivity contribution in [1.82, 2.24) is 9.97 Å². The lowest BCUT2D eigenvalue weighted by Crippen LogP contribution is -2.25. The van der Waals surface area contributed by atoms with E-state index in [1.54, 1.807) is 0 Å². The van der Waals surface area contributed by atoms with Crippen LogP contribution in [0.2, 0.25) is 0 Å². The first kappa shape index (κ1) is 13.7. The summed E-state index contributed by atoms with van der Waals surface area (Å²) in [7, 11) is 2.06. The number of hydrogen-bond donors (Lipinski definition) is 1. The molecule has 4 heteroatoms. The SMILES string of the molecule is CCCc1nc(N)cc(N(C)CC(C)CC)n1. The molecular formula is C13H24N4. The Morgan fingerprint density at radius 3 is 2.65 bits per heavy atom. The molecule has 4 nitrogen and oxygen atoms in total. The number of aromatic nitrogens is 2. The van der Waals surface area contributed by atoms with Crippen molar-refractivity contribution in [3.8, 4) is 0 Å². The average Bonchev–Trinajstić information content (AvgIpc) is 2.28. The van der Waals surface area contributed by atoms with Crippen molar-refractivity contribution in [2.45, 2.75) is 40.0 Å². The van der Waals surface area contributed by atoms with Crippen molar-refractivity contribution < 1.29 is 0 Å². The zero-order valence-electron chi connectivity index (χ0n) is 11.4.